The molecular weight excluding hydrogens is 337 g/mol. The van der Waals surface area contributed by atoms with Gasteiger partial charge in [0.05, 0.1) is 0 Å². The highest BCUT2D eigenvalue weighted by Gasteiger charge is 2.31. The molecule has 134 valence electrons. The third kappa shape index (κ3) is 14.4. The molecule has 0 aliphatic carbocycles. The zero-order chi connectivity index (χ0) is 17.7. The van der Waals surface area contributed by atoms with E-state index in [1.807, 2.05) is 0 Å². The second kappa shape index (κ2) is 8.76. The zero-order valence-electron chi connectivity index (χ0n) is 17.1. The molecule has 0 N–H and O–H groups in total. The topological polar surface area (TPSA) is 18.5 Å². The van der Waals surface area contributed by atoms with Crippen molar-refractivity contribution < 1.29 is 8.85 Å². The molecule has 0 saturated carbocycles. The third-order valence-corrected chi connectivity index (χ3v) is 20.7. The lowest BCUT2D eigenvalue weighted by atomic mass is 10.3. The Bertz CT molecular complexity index is 285. The van der Waals surface area contributed by atoms with E-state index in [1.54, 1.807) is 0 Å². The average Bonchev–Trinajstić information content (AvgIpc) is 2.15. The summed E-state index contributed by atoms with van der Waals surface area (Å²) >= 11 is 0. The van der Waals surface area contributed by atoms with Crippen molar-refractivity contribution in [1.82, 2.24) is 0 Å². The summed E-state index contributed by atoms with van der Waals surface area (Å²) in [6.07, 6.45) is 2.30. The van der Waals surface area contributed by atoms with E-state index < -0.39 is 32.8 Å². The van der Waals surface area contributed by atoms with Crippen LogP contribution in [-0.4, -0.2) is 46.0 Å². The van der Waals surface area contributed by atoms with E-state index in [1.165, 1.54) is 11.3 Å². The first-order valence-electron chi connectivity index (χ1n) is 8.90. The van der Waals surface area contributed by atoms with Gasteiger partial charge in [0.2, 0.25) is 0 Å². The van der Waals surface area contributed by atoms with Gasteiger partial charge < -0.3 is 8.85 Å². The molecule has 0 amide bonds. The second-order valence-corrected chi connectivity index (χ2v) is 31.1. The molecule has 0 radical (unpaired) electrons. The van der Waals surface area contributed by atoms with Crippen molar-refractivity contribution in [3.8, 4) is 0 Å². The zero-order valence-corrected chi connectivity index (χ0v) is 21.1. The van der Waals surface area contributed by atoms with E-state index in [0.717, 1.165) is 26.1 Å². The highest BCUT2D eigenvalue weighted by molar-refractivity contribution is 6.92. The quantitative estimate of drug-likeness (QED) is 0.326. The van der Waals surface area contributed by atoms with Crippen LogP contribution in [0.25, 0.3) is 0 Å². The van der Waals surface area contributed by atoms with Crippen LogP contribution in [0, 0.1) is 0 Å². The van der Waals surface area contributed by atoms with Gasteiger partial charge in [-0.2, -0.15) is 0 Å². The first kappa shape index (κ1) is 22.8. The van der Waals surface area contributed by atoms with Crippen molar-refractivity contribution >= 4 is 32.8 Å². The fourth-order valence-corrected chi connectivity index (χ4v) is 26.2. The van der Waals surface area contributed by atoms with E-state index >= 15 is 0 Å². The average molecular weight is 379 g/mol. The predicted molar refractivity (Wildman–Crippen MR) is 112 cm³/mol. The Hall–Kier alpha value is 0.788. The smallest absolute Gasteiger partial charge is 0.184 e. The minimum atomic E-state index is -1.43. The molecule has 0 spiro atoms. The highest BCUT2D eigenvalue weighted by Crippen LogP contribution is 2.22. The normalized spacial score (nSPS) is 14.5. The molecule has 0 aliphatic heterocycles. The van der Waals surface area contributed by atoms with E-state index in [2.05, 4.69) is 65.5 Å². The molecule has 2 nitrogen and oxygen atoms in total. The number of hydrogen-bond donors (Lipinski definition) is 0. The van der Waals surface area contributed by atoms with Gasteiger partial charge in [0.1, 0.15) is 0 Å². The fourth-order valence-electron chi connectivity index (χ4n) is 3.56. The summed E-state index contributed by atoms with van der Waals surface area (Å²) in [6, 6.07) is 0. The van der Waals surface area contributed by atoms with Crippen LogP contribution in [0.2, 0.25) is 76.8 Å². The lowest BCUT2D eigenvalue weighted by molar-refractivity contribution is 0.258. The van der Waals surface area contributed by atoms with Gasteiger partial charge in [-0.3, -0.25) is 0 Å². The molecule has 0 aromatic heterocycles. The van der Waals surface area contributed by atoms with Crippen molar-refractivity contribution in [2.75, 3.05) is 13.2 Å². The second-order valence-electron chi connectivity index (χ2n) is 10.4. The van der Waals surface area contributed by atoms with Crippen LogP contribution in [0.5, 0.6) is 0 Å². The van der Waals surface area contributed by atoms with E-state index in [4.69, 9.17) is 8.85 Å². The summed E-state index contributed by atoms with van der Waals surface area (Å²) in [5.41, 5.74) is 2.74. The molecular formula is C16H42O2Si4. The Labute approximate surface area is 144 Å². The summed E-state index contributed by atoms with van der Waals surface area (Å²) in [7, 11) is -4.85. The Morgan fingerprint density at radius 3 is 1.00 bits per heavy atom. The van der Waals surface area contributed by atoms with Crippen LogP contribution in [0.15, 0.2) is 0 Å². The minimum Gasteiger partial charge on any atom is -0.418 e. The lowest BCUT2D eigenvalue weighted by Crippen LogP contribution is -2.41. The van der Waals surface area contributed by atoms with E-state index in [0.29, 0.717) is 0 Å². The molecule has 0 unspecified atom stereocenters. The van der Waals surface area contributed by atoms with Crippen LogP contribution < -0.4 is 0 Å². The van der Waals surface area contributed by atoms with Crippen LogP contribution in [0.3, 0.4) is 0 Å². The number of hydrogen-bond acceptors (Lipinski definition) is 2. The molecule has 0 rings (SSSR count). The molecule has 0 bridgehead atoms. The maximum atomic E-state index is 6.25. The van der Waals surface area contributed by atoms with Crippen LogP contribution >= 0.6 is 0 Å². The van der Waals surface area contributed by atoms with Crippen molar-refractivity contribution in [1.29, 1.82) is 0 Å². The molecule has 0 aliphatic rings. The largest absolute Gasteiger partial charge is 0.418 e. The van der Waals surface area contributed by atoms with Gasteiger partial charge in [0.25, 0.3) is 0 Å². The van der Waals surface area contributed by atoms with Gasteiger partial charge in [-0.05, 0) is 50.4 Å². The first-order chi connectivity index (χ1) is 9.62. The summed E-state index contributed by atoms with van der Waals surface area (Å²) < 4.78 is 12.5. The van der Waals surface area contributed by atoms with Gasteiger partial charge in [0.15, 0.2) is 16.6 Å². The summed E-state index contributed by atoms with van der Waals surface area (Å²) in [4.78, 5) is 0. The summed E-state index contributed by atoms with van der Waals surface area (Å²) in [6.45, 7) is 26.1. The van der Waals surface area contributed by atoms with Gasteiger partial charge >= 0.3 is 0 Å². The van der Waals surface area contributed by atoms with Crippen molar-refractivity contribution in [2.45, 2.75) is 89.6 Å². The maximum Gasteiger partial charge on any atom is 0.184 e. The predicted octanol–water partition coefficient (Wildman–Crippen LogP) is 5.96. The number of unbranched alkanes of at least 4 members (excludes halogenated alkanes) is 1. The Morgan fingerprint density at radius 1 is 0.500 bits per heavy atom. The van der Waals surface area contributed by atoms with Gasteiger partial charge in [0, 0.05) is 29.4 Å². The maximum absolute atomic E-state index is 6.25. The monoisotopic (exact) mass is 378 g/mol. The Kier molecular flexibility index (Phi) is 9.07. The molecule has 22 heavy (non-hydrogen) atoms. The molecule has 0 fully saturated rings. The van der Waals surface area contributed by atoms with Gasteiger partial charge in [-0.25, -0.2) is 0 Å². The molecule has 0 atom stereocenters. The fraction of sp³-hybridized carbons (Fsp3) is 1.00. The molecule has 0 aromatic rings. The summed E-state index contributed by atoms with van der Waals surface area (Å²) in [5, 5.41) is 0. The van der Waals surface area contributed by atoms with Crippen LogP contribution in [0.1, 0.15) is 12.8 Å². The van der Waals surface area contributed by atoms with Crippen molar-refractivity contribution in [3.63, 3.8) is 0 Å². The van der Waals surface area contributed by atoms with Crippen LogP contribution in [0.4, 0.5) is 0 Å². The van der Waals surface area contributed by atoms with Crippen molar-refractivity contribution in [3.05, 3.63) is 0 Å². The SMILES string of the molecule is C[Si](C)(C)C[Si](C)(C)OCCCCO[Si](C)(C)C[Si](C)(C)C. The Balaban J connectivity index is 3.86. The first-order valence-corrected chi connectivity index (χ1v) is 22.5. The summed E-state index contributed by atoms with van der Waals surface area (Å²) in [5.74, 6) is 0. The lowest BCUT2D eigenvalue weighted by Gasteiger charge is -2.30. The Morgan fingerprint density at radius 2 is 0.773 bits per heavy atom. The standard InChI is InChI=1S/C16H42O2Si4/c1-19(2,3)15-21(7,8)17-13-11-12-14-18-22(9,10)16-20(4,5)6/h11-16H2,1-10H3. The molecule has 0 aromatic carbocycles. The minimum absolute atomic E-state index is 0.934. The molecule has 0 heterocycles. The van der Waals surface area contributed by atoms with Gasteiger partial charge in [-0.1, -0.05) is 39.3 Å². The van der Waals surface area contributed by atoms with Crippen LogP contribution in [-0.2, 0) is 8.85 Å². The molecule has 0 saturated heterocycles. The van der Waals surface area contributed by atoms with E-state index in [-0.39, 0.29) is 0 Å². The number of rotatable bonds is 11. The third-order valence-electron chi connectivity index (χ3n) is 3.44. The highest BCUT2D eigenvalue weighted by atomic mass is 28.4. The van der Waals surface area contributed by atoms with E-state index in [9.17, 15) is 0 Å². The molecule has 6 heteroatoms. The van der Waals surface area contributed by atoms with Gasteiger partial charge in [-0.15, -0.1) is 0 Å². The van der Waals surface area contributed by atoms with Crippen molar-refractivity contribution in [2.24, 2.45) is 0 Å².